The van der Waals surface area contributed by atoms with Gasteiger partial charge in [-0.3, -0.25) is 0 Å². The van der Waals surface area contributed by atoms with Crippen LogP contribution in [0.1, 0.15) is 25.3 Å². The van der Waals surface area contributed by atoms with Crippen LogP contribution in [0, 0.1) is 0 Å². The van der Waals surface area contributed by atoms with Crippen molar-refractivity contribution < 1.29 is 4.74 Å². The van der Waals surface area contributed by atoms with Gasteiger partial charge in [-0.15, -0.1) is 0 Å². The van der Waals surface area contributed by atoms with Gasteiger partial charge in [-0.2, -0.15) is 0 Å². The van der Waals surface area contributed by atoms with Crippen molar-refractivity contribution in [1.29, 1.82) is 0 Å². The summed E-state index contributed by atoms with van der Waals surface area (Å²) in [5, 5.41) is 0.418. The molecule has 2 nitrogen and oxygen atoms in total. The van der Waals surface area contributed by atoms with E-state index in [4.69, 9.17) is 16.3 Å². The molecular formula is C9H12ClNO. The second kappa shape index (κ2) is 3.76. The number of rotatable bonds is 2. The van der Waals surface area contributed by atoms with E-state index in [1.807, 2.05) is 6.07 Å². The Balaban J connectivity index is 3.05. The van der Waals surface area contributed by atoms with Gasteiger partial charge >= 0.3 is 0 Å². The molecule has 3 heteroatoms. The van der Waals surface area contributed by atoms with E-state index in [1.54, 1.807) is 13.3 Å². The van der Waals surface area contributed by atoms with Gasteiger partial charge in [0.2, 0.25) is 0 Å². The first-order valence-corrected chi connectivity index (χ1v) is 4.22. The molecule has 1 heterocycles. The van der Waals surface area contributed by atoms with Gasteiger partial charge in [0.1, 0.15) is 0 Å². The highest BCUT2D eigenvalue weighted by Gasteiger charge is 2.05. The predicted octanol–water partition coefficient (Wildman–Crippen LogP) is 2.87. The number of halogens is 1. The van der Waals surface area contributed by atoms with Crippen molar-refractivity contribution in [3.8, 4) is 5.75 Å². The van der Waals surface area contributed by atoms with Crippen LogP contribution < -0.4 is 4.74 Å². The third-order valence-electron chi connectivity index (χ3n) is 1.71. The molecule has 0 aliphatic carbocycles. The average Bonchev–Trinajstić information content (AvgIpc) is 2.05. The van der Waals surface area contributed by atoms with Crippen molar-refractivity contribution in [2.24, 2.45) is 0 Å². The van der Waals surface area contributed by atoms with E-state index in [0.717, 1.165) is 5.56 Å². The number of hydrogen-bond acceptors (Lipinski definition) is 2. The molecule has 0 atom stereocenters. The lowest BCUT2D eigenvalue weighted by molar-refractivity contribution is 0.412. The van der Waals surface area contributed by atoms with E-state index in [9.17, 15) is 0 Å². The van der Waals surface area contributed by atoms with Crippen LogP contribution in [0.3, 0.4) is 0 Å². The van der Waals surface area contributed by atoms with Crippen molar-refractivity contribution in [3.05, 3.63) is 23.0 Å². The Kier molecular flexibility index (Phi) is 2.93. The molecule has 0 aliphatic rings. The third-order valence-corrected chi connectivity index (χ3v) is 2.00. The van der Waals surface area contributed by atoms with Crippen LogP contribution in [-0.2, 0) is 0 Å². The van der Waals surface area contributed by atoms with E-state index >= 15 is 0 Å². The maximum Gasteiger partial charge on any atom is 0.171 e. The Morgan fingerprint density at radius 2 is 2.17 bits per heavy atom. The standard InChI is InChI=1S/C9H12ClNO/c1-6(2)7-4-8(12-3)9(10)11-5-7/h4-6H,1-3H3. The van der Waals surface area contributed by atoms with Crippen LogP contribution in [0.4, 0.5) is 0 Å². The minimum absolute atomic E-state index is 0.418. The summed E-state index contributed by atoms with van der Waals surface area (Å²) in [4.78, 5) is 4.01. The van der Waals surface area contributed by atoms with Crippen molar-refractivity contribution in [2.75, 3.05) is 7.11 Å². The summed E-state index contributed by atoms with van der Waals surface area (Å²) in [6, 6.07) is 1.92. The normalized spacial score (nSPS) is 10.4. The Labute approximate surface area is 77.5 Å². The van der Waals surface area contributed by atoms with Gasteiger partial charge in [0.25, 0.3) is 0 Å². The topological polar surface area (TPSA) is 22.1 Å². The fourth-order valence-corrected chi connectivity index (χ4v) is 1.08. The minimum Gasteiger partial charge on any atom is -0.494 e. The molecule has 12 heavy (non-hydrogen) atoms. The molecule has 1 aromatic heterocycles. The molecule has 0 bridgehead atoms. The summed E-state index contributed by atoms with van der Waals surface area (Å²) in [5.41, 5.74) is 1.14. The highest BCUT2D eigenvalue weighted by atomic mass is 35.5. The first kappa shape index (κ1) is 9.33. The van der Waals surface area contributed by atoms with E-state index in [1.165, 1.54) is 0 Å². The Hall–Kier alpha value is -0.760. The van der Waals surface area contributed by atoms with Crippen LogP contribution in [-0.4, -0.2) is 12.1 Å². The second-order valence-corrected chi connectivity index (χ2v) is 3.27. The maximum atomic E-state index is 5.76. The molecule has 0 unspecified atom stereocenters. The van der Waals surface area contributed by atoms with Crippen molar-refractivity contribution in [2.45, 2.75) is 19.8 Å². The number of ether oxygens (including phenoxy) is 1. The molecule has 0 N–H and O–H groups in total. The zero-order valence-corrected chi connectivity index (χ0v) is 8.22. The van der Waals surface area contributed by atoms with E-state index in [0.29, 0.717) is 16.8 Å². The van der Waals surface area contributed by atoms with Gasteiger partial charge in [-0.1, -0.05) is 25.4 Å². The monoisotopic (exact) mass is 185 g/mol. The van der Waals surface area contributed by atoms with Gasteiger partial charge in [0.05, 0.1) is 7.11 Å². The molecule has 0 spiro atoms. The minimum atomic E-state index is 0.418. The molecule has 1 rings (SSSR count). The summed E-state index contributed by atoms with van der Waals surface area (Å²) >= 11 is 5.76. The fraction of sp³-hybridized carbons (Fsp3) is 0.444. The van der Waals surface area contributed by atoms with Crippen LogP contribution in [0.5, 0.6) is 5.75 Å². The summed E-state index contributed by atoms with van der Waals surface area (Å²) in [6.45, 7) is 4.20. The molecule has 0 saturated carbocycles. The largest absolute Gasteiger partial charge is 0.494 e. The van der Waals surface area contributed by atoms with Gasteiger partial charge in [-0.05, 0) is 17.5 Å². The van der Waals surface area contributed by atoms with E-state index in [-0.39, 0.29) is 0 Å². The van der Waals surface area contributed by atoms with Gasteiger partial charge in [0, 0.05) is 6.20 Å². The summed E-state index contributed by atoms with van der Waals surface area (Å²) in [5.74, 6) is 1.09. The van der Waals surface area contributed by atoms with Crippen LogP contribution in [0.25, 0.3) is 0 Å². The lowest BCUT2D eigenvalue weighted by Gasteiger charge is -2.07. The molecule has 1 aromatic rings. The Morgan fingerprint density at radius 3 is 2.67 bits per heavy atom. The molecule has 0 amide bonds. The van der Waals surface area contributed by atoms with Crippen molar-refractivity contribution in [1.82, 2.24) is 4.98 Å². The lowest BCUT2D eigenvalue weighted by Crippen LogP contribution is -1.92. The first-order valence-electron chi connectivity index (χ1n) is 3.84. The molecule has 0 saturated heterocycles. The summed E-state index contributed by atoms with van der Waals surface area (Å²) in [6.07, 6.45) is 1.77. The van der Waals surface area contributed by atoms with Gasteiger partial charge < -0.3 is 4.74 Å². The fourth-order valence-electron chi connectivity index (χ4n) is 0.902. The van der Waals surface area contributed by atoms with Crippen LogP contribution in [0.2, 0.25) is 5.15 Å². The third kappa shape index (κ3) is 1.89. The molecule has 0 aromatic carbocycles. The SMILES string of the molecule is COc1cc(C(C)C)cnc1Cl. The van der Waals surface area contributed by atoms with Gasteiger partial charge in [0.15, 0.2) is 10.9 Å². The summed E-state index contributed by atoms with van der Waals surface area (Å²) < 4.78 is 5.04. The Bertz CT molecular complexity index is 273. The summed E-state index contributed by atoms with van der Waals surface area (Å²) in [7, 11) is 1.59. The molecule has 0 radical (unpaired) electrons. The first-order chi connectivity index (χ1) is 5.65. The zero-order chi connectivity index (χ0) is 9.14. The van der Waals surface area contributed by atoms with E-state index < -0.39 is 0 Å². The number of hydrogen-bond donors (Lipinski definition) is 0. The zero-order valence-electron chi connectivity index (χ0n) is 7.47. The molecule has 0 aliphatic heterocycles. The predicted molar refractivity (Wildman–Crippen MR) is 49.9 cm³/mol. The molecule has 0 fully saturated rings. The lowest BCUT2D eigenvalue weighted by atomic mass is 10.1. The quantitative estimate of drug-likeness (QED) is 0.661. The smallest absolute Gasteiger partial charge is 0.171 e. The number of aromatic nitrogens is 1. The highest BCUT2D eigenvalue weighted by molar-refractivity contribution is 6.30. The molecular weight excluding hydrogens is 174 g/mol. The van der Waals surface area contributed by atoms with Crippen LogP contribution in [0.15, 0.2) is 12.3 Å². The maximum absolute atomic E-state index is 5.76. The van der Waals surface area contributed by atoms with E-state index in [2.05, 4.69) is 18.8 Å². The second-order valence-electron chi connectivity index (χ2n) is 2.92. The Morgan fingerprint density at radius 1 is 1.50 bits per heavy atom. The van der Waals surface area contributed by atoms with Crippen LogP contribution >= 0.6 is 11.6 Å². The van der Waals surface area contributed by atoms with Gasteiger partial charge in [-0.25, -0.2) is 4.98 Å². The number of methoxy groups -OCH3 is 1. The number of nitrogens with zero attached hydrogens (tertiary/aromatic N) is 1. The highest BCUT2D eigenvalue weighted by Crippen LogP contribution is 2.25. The van der Waals surface area contributed by atoms with Crippen molar-refractivity contribution >= 4 is 11.6 Å². The average molecular weight is 186 g/mol. The van der Waals surface area contributed by atoms with Crippen molar-refractivity contribution in [3.63, 3.8) is 0 Å². The number of pyridine rings is 1. The molecule has 66 valence electrons.